The zero-order chi connectivity index (χ0) is 22.2. The summed E-state index contributed by atoms with van der Waals surface area (Å²) in [6.45, 7) is 4.93. The van der Waals surface area contributed by atoms with Crippen LogP contribution in [0.4, 0.5) is 5.69 Å². The van der Waals surface area contributed by atoms with Crippen molar-refractivity contribution in [1.29, 1.82) is 0 Å². The number of carbonyl (C=O) groups is 1. The van der Waals surface area contributed by atoms with Crippen LogP contribution in [0.15, 0.2) is 58.4 Å². The molecule has 6 nitrogen and oxygen atoms in total. The van der Waals surface area contributed by atoms with E-state index >= 15 is 0 Å². The Hall–Kier alpha value is -2.77. The number of nitrogens with zero attached hydrogens (tertiary/aromatic N) is 2. The fraction of sp³-hybridized carbons (Fsp3) is 0.333. The van der Waals surface area contributed by atoms with Crippen molar-refractivity contribution in [2.45, 2.75) is 26.4 Å². The summed E-state index contributed by atoms with van der Waals surface area (Å²) in [7, 11) is 3.23. The van der Waals surface area contributed by atoms with Crippen molar-refractivity contribution in [2.24, 2.45) is 4.99 Å². The molecular formula is C24H28N2O4S. The number of amidine groups is 1. The molecule has 1 unspecified atom stereocenters. The molecule has 31 heavy (non-hydrogen) atoms. The van der Waals surface area contributed by atoms with Gasteiger partial charge in [0.15, 0.2) is 16.7 Å². The maximum absolute atomic E-state index is 13.2. The molecule has 3 rings (SSSR count). The number of ether oxygens (including phenoxy) is 3. The van der Waals surface area contributed by atoms with Crippen molar-refractivity contribution in [3.05, 3.63) is 59.0 Å². The molecule has 0 aliphatic carbocycles. The van der Waals surface area contributed by atoms with Crippen molar-refractivity contribution in [2.75, 3.05) is 27.4 Å². The zero-order valence-corrected chi connectivity index (χ0v) is 19.1. The van der Waals surface area contributed by atoms with Gasteiger partial charge in [-0.25, -0.2) is 4.99 Å². The Morgan fingerprint density at radius 3 is 2.58 bits per heavy atom. The molecule has 1 amide bonds. The number of thioether (sulfide) groups is 1. The summed E-state index contributed by atoms with van der Waals surface area (Å²) in [5.41, 5.74) is 1.59. The zero-order valence-electron chi connectivity index (χ0n) is 18.3. The van der Waals surface area contributed by atoms with Crippen LogP contribution < -0.4 is 9.47 Å². The molecule has 1 aliphatic rings. The fourth-order valence-electron chi connectivity index (χ4n) is 2.94. The van der Waals surface area contributed by atoms with Gasteiger partial charge in [0.1, 0.15) is 0 Å². The molecular weight excluding hydrogens is 412 g/mol. The average Bonchev–Trinajstić information content (AvgIpc) is 3.07. The second kappa shape index (κ2) is 11.0. The molecule has 0 bridgehead atoms. The number of carbonyl (C=O) groups excluding carboxylic acids is 1. The number of methoxy groups -OCH3 is 2. The molecule has 1 atom stereocenters. The van der Waals surface area contributed by atoms with Gasteiger partial charge in [0, 0.05) is 12.7 Å². The Bertz CT molecular complexity index is 959. The first kappa shape index (κ1) is 22.9. The van der Waals surface area contributed by atoms with Crippen molar-refractivity contribution < 1.29 is 19.0 Å². The van der Waals surface area contributed by atoms with Gasteiger partial charge in [0.25, 0.3) is 5.91 Å². The Morgan fingerprint density at radius 1 is 1.13 bits per heavy atom. The highest BCUT2D eigenvalue weighted by Gasteiger charge is 2.33. The molecule has 0 radical (unpaired) electrons. The first-order valence-corrected chi connectivity index (χ1v) is 11.1. The molecule has 1 saturated heterocycles. The molecule has 2 aromatic carbocycles. The predicted molar refractivity (Wildman–Crippen MR) is 126 cm³/mol. The highest BCUT2D eigenvalue weighted by Crippen LogP contribution is 2.38. The third-order valence-corrected chi connectivity index (χ3v) is 5.80. The lowest BCUT2D eigenvalue weighted by atomic mass is 10.1. The molecule has 0 spiro atoms. The van der Waals surface area contributed by atoms with Gasteiger partial charge in [-0.05, 0) is 49.4 Å². The Labute approximate surface area is 187 Å². The largest absolute Gasteiger partial charge is 0.493 e. The van der Waals surface area contributed by atoms with Crippen LogP contribution in [0, 0.1) is 0 Å². The van der Waals surface area contributed by atoms with E-state index in [0.29, 0.717) is 34.7 Å². The van der Waals surface area contributed by atoms with Gasteiger partial charge < -0.3 is 14.2 Å². The minimum absolute atomic E-state index is 0.0220. The van der Waals surface area contributed by atoms with E-state index in [-0.39, 0.29) is 12.0 Å². The number of rotatable bonds is 9. The summed E-state index contributed by atoms with van der Waals surface area (Å²) >= 11 is 1.35. The van der Waals surface area contributed by atoms with Gasteiger partial charge in [-0.15, -0.1) is 0 Å². The number of para-hydroxylation sites is 2. The van der Waals surface area contributed by atoms with E-state index in [2.05, 4.69) is 11.9 Å². The highest BCUT2D eigenvalue weighted by atomic mass is 32.2. The standard InChI is InChI=1S/C24H28N2O4S/c1-5-17(2)30-22-18(10-9-13-20(22)29-4)16-21-23(27)26(14-15-28-3)24(31-21)25-19-11-7-6-8-12-19/h6-13,16-17H,5,14-15H2,1-4H3/b21-16-,25-24?. The second-order valence-corrected chi connectivity index (χ2v) is 8.01. The summed E-state index contributed by atoms with van der Waals surface area (Å²) in [5.74, 6) is 1.17. The van der Waals surface area contributed by atoms with E-state index in [1.165, 1.54) is 11.8 Å². The molecule has 1 fully saturated rings. The van der Waals surface area contributed by atoms with Crippen LogP contribution in [0.25, 0.3) is 6.08 Å². The SMILES string of the molecule is CCC(C)Oc1c(/C=C2\SC(=Nc3ccccc3)N(CCOC)C2=O)cccc1OC. The van der Waals surface area contributed by atoms with Gasteiger partial charge in [-0.3, -0.25) is 9.69 Å². The summed E-state index contributed by atoms with van der Waals surface area (Å²) < 4.78 is 16.8. The third-order valence-electron chi connectivity index (χ3n) is 4.80. The maximum atomic E-state index is 13.2. The molecule has 0 aromatic heterocycles. The van der Waals surface area contributed by atoms with Crippen LogP contribution in [0.3, 0.4) is 0 Å². The second-order valence-electron chi connectivity index (χ2n) is 7.01. The van der Waals surface area contributed by atoms with Crippen molar-refractivity contribution >= 4 is 34.6 Å². The summed E-state index contributed by atoms with van der Waals surface area (Å²) in [6, 6.07) is 15.3. The Morgan fingerprint density at radius 2 is 1.90 bits per heavy atom. The van der Waals surface area contributed by atoms with E-state index in [1.54, 1.807) is 19.1 Å². The maximum Gasteiger partial charge on any atom is 0.266 e. The van der Waals surface area contributed by atoms with E-state index < -0.39 is 0 Å². The summed E-state index contributed by atoms with van der Waals surface area (Å²) in [4.78, 5) is 20.1. The molecule has 1 aliphatic heterocycles. The third kappa shape index (κ3) is 5.68. The summed E-state index contributed by atoms with van der Waals surface area (Å²) in [5, 5.41) is 0.631. The molecule has 0 N–H and O–H groups in total. The van der Waals surface area contributed by atoms with Gasteiger partial charge in [-0.2, -0.15) is 0 Å². The van der Waals surface area contributed by atoms with Gasteiger partial charge >= 0.3 is 0 Å². The number of hydrogen-bond donors (Lipinski definition) is 0. The normalized spacial score (nSPS) is 17.4. The Kier molecular flexibility index (Phi) is 8.14. The number of aliphatic imine (C=N–C) groups is 1. The number of hydrogen-bond acceptors (Lipinski definition) is 6. The minimum Gasteiger partial charge on any atom is -0.493 e. The quantitative estimate of drug-likeness (QED) is 0.506. The van der Waals surface area contributed by atoms with E-state index in [0.717, 1.165) is 17.7 Å². The van der Waals surface area contributed by atoms with E-state index in [9.17, 15) is 4.79 Å². The summed E-state index contributed by atoms with van der Waals surface area (Å²) in [6.07, 6.45) is 2.73. The predicted octanol–water partition coefficient (Wildman–Crippen LogP) is 5.12. The fourth-order valence-corrected chi connectivity index (χ4v) is 3.96. The Balaban J connectivity index is 1.99. The number of benzene rings is 2. The van der Waals surface area contributed by atoms with Gasteiger partial charge in [0.05, 0.1) is 37.0 Å². The van der Waals surface area contributed by atoms with Crippen LogP contribution in [0.2, 0.25) is 0 Å². The monoisotopic (exact) mass is 440 g/mol. The first-order chi connectivity index (χ1) is 15.1. The highest BCUT2D eigenvalue weighted by molar-refractivity contribution is 8.18. The minimum atomic E-state index is -0.103. The molecule has 0 saturated carbocycles. The van der Waals surface area contributed by atoms with Crippen LogP contribution in [-0.2, 0) is 9.53 Å². The van der Waals surface area contributed by atoms with Crippen molar-refractivity contribution in [1.82, 2.24) is 4.90 Å². The topological polar surface area (TPSA) is 60.4 Å². The number of amides is 1. The van der Waals surface area contributed by atoms with Crippen molar-refractivity contribution in [3.63, 3.8) is 0 Å². The van der Waals surface area contributed by atoms with Crippen LogP contribution in [-0.4, -0.2) is 49.4 Å². The van der Waals surface area contributed by atoms with Gasteiger partial charge in [0.2, 0.25) is 0 Å². The molecule has 7 heteroatoms. The lowest BCUT2D eigenvalue weighted by Gasteiger charge is -2.18. The first-order valence-electron chi connectivity index (χ1n) is 10.2. The smallest absolute Gasteiger partial charge is 0.266 e. The molecule has 2 aromatic rings. The van der Waals surface area contributed by atoms with Crippen molar-refractivity contribution in [3.8, 4) is 11.5 Å². The molecule has 164 valence electrons. The van der Waals surface area contributed by atoms with E-state index in [1.807, 2.05) is 61.5 Å². The van der Waals surface area contributed by atoms with Gasteiger partial charge in [-0.1, -0.05) is 37.3 Å². The lowest BCUT2D eigenvalue weighted by Crippen LogP contribution is -2.32. The van der Waals surface area contributed by atoms with E-state index in [4.69, 9.17) is 14.2 Å². The average molecular weight is 441 g/mol. The van der Waals surface area contributed by atoms with Crippen LogP contribution in [0.5, 0.6) is 11.5 Å². The van der Waals surface area contributed by atoms with Crippen LogP contribution in [0.1, 0.15) is 25.8 Å². The van der Waals surface area contributed by atoms with Crippen LogP contribution >= 0.6 is 11.8 Å². The molecule has 1 heterocycles. The lowest BCUT2D eigenvalue weighted by molar-refractivity contribution is -0.122.